The van der Waals surface area contributed by atoms with Crippen LogP contribution in [0.25, 0.3) is 0 Å². The van der Waals surface area contributed by atoms with Gasteiger partial charge >= 0.3 is 0 Å². The monoisotopic (exact) mass is 383 g/mol. The average Bonchev–Trinajstić information content (AvgIpc) is 2.68. The molecule has 26 heavy (non-hydrogen) atoms. The molecule has 7 nitrogen and oxygen atoms in total. The maximum Gasteiger partial charge on any atom is 0.260 e. The molecule has 0 aromatic heterocycles. The number of hydrogen-bond acceptors (Lipinski definition) is 5. The van der Waals surface area contributed by atoms with Gasteiger partial charge in [-0.15, -0.1) is 12.4 Å². The number of nitrogens with zero attached hydrogens (tertiary/aromatic N) is 1. The van der Waals surface area contributed by atoms with Gasteiger partial charge in [-0.3, -0.25) is 9.59 Å². The zero-order chi connectivity index (χ0) is 17.5. The van der Waals surface area contributed by atoms with Crippen LogP contribution in [0.1, 0.15) is 12.8 Å². The lowest BCUT2D eigenvalue weighted by Gasteiger charge is -2.27. The SMILES string of the molecule is Cl.O=C(Nc1ccccc1OCC(=O)N1CCOCC1)C1CCCNC1. The molecular formula is C18H26ClN3O4. The van der Waals surface area contributed by atoms with Gasteiger partial charge < -0.3 is 25.0 Å². The number of amides is 2. The molecular weight excluding hydrogens is 358 g/mol. The van der Waals surface area contributed by atoms with Crippen molar-refractivity contribution in [2.75, 3.05) is 51.3 Å². The second kappa shape index (κ2) is 10.4. The standard InChI is InChI=1S/C18H25N3O4.ClH/c22-17(21-8-10-24-11-9-21)13-25-16-6-2-1-5-15(16)20-18(23)14-4-3-7-19-12-14;/h1-2,5-6,14,19H,3-4,7-13H2,(H,20,23);1H. The summed E-state index contributed by atoms with van der Waals surface area (Å²) < 4.78 is 10.9. The highest BCUT2D eigenvalue weighted by atomic mass is 35.5. The van der Waals surface area contributed by atoms with Gasteiger partial charge in [0.2, 0.25) is 5.91 Å². The topological polar surface area (TPSA) is 79.9 Å². The molecule has 2 N–H and O–H groups in total. The first-order valence-corrected chi connectivity index (χ1v) is 8.83. The van der Waals surface area contributed by atoms with Gasteiger partial charge in [-0.2, -0.15) is 0 Å². The molecule has 2 heterocycles. The molecule has 1 atom stereocenters. The highest BCUT2D eigenvalue weighted by Gasteiger charge is 2.22. The first kappa shape index (κ1) is 20.5. The van der Waals surface area contributed by atoms with E-state index in [2.05, 4.69) is 10.6 Å². The minimum atomic E-state index is -0.0686. The molecule has 0 radical (unpaired) electrons. The van der Waals surface area contributed by atoms with E-state index in [9.17, 15) is 9.59 Å². The molecule has 2 amide bonds. The third kappa shape index (κ3) is 5.59. The molecule has 2 aliphatic rings. The summed E-state index contributed by atoms with van der Waals surface area (Å²) in [5.74, 6) is 0.404. The van der Waals surface area contributed by atoms with E-state index < -0.39 is 0 Å². The minimum Gasteiger partial charge on any atom is -0.482 e. The van der Waals surface area contributed by atoms with Crippen LogP contribution < -0.4 is 15.4 Å². The van der Waals surface area contributed by atoms with Gasteiger partial charge in [-0.05, 0) is 31.5 Å². The van der Waals surface area contributed by atoms with Crippen molar-refractivity contribution < 1.29 is 19.1 Å². The van der Waals surface area contributed by atoms with Gasteiger partial charge in [0, 0.05) is 19.6 Å². The van der Waals surface area contributed by atoms with Crippen molar-refractivity contribution in [3.8, 4) is 5.75 Å². The van der Waals surface area contributed by atoms with Crippen LogP contribution in [-0.4, -0.2) is 62.7 Å². The Hall–Kier alpha value is -1.83. The predicted molar refractivity (Wildman–Crippen MR) is 101 cm³/mol. The molecule has 144 valence electrons. The number of hydrogen-bond donors (Lipinski definition) is 2. The maximum absolute atomic E-state index is 12.4. The summed E-state index contributed by atoms with van der Waals surface area (Å²) in [4.78, 5) is 26.3. The van der Waals surface area contributed by atoms with Crippen LogP contribution in [0.15, 0.2) is 24.3 Å². The van der Waals surface area contributed by atoms with Gasteiger partial charge in [0.1, 0.15) is 5.75 Å². The normalized spacial score (nSPS) is 20.0. The zero-order valence-electron chi connectivity index (χ0n) is 14.7. The number of morpholine rings is 1. The first-order chi connectivity index (χ1) is 12.2. The molecule has 3 rings (SSSR count). The van der Waals surface area contributed by atoms with E-state index in [-0.39, 0.29) is 36.7 Å². The molecule has 2 aliphatic heterocycles. The highest BCUT2D eigenvalue weighted by Crippen LogP contribution is 2.25. The van der Waals surface area contributed by atoms with E-state index in [1.165, 1.54) is 0 Å². The van der Waals surface area contributed by atoms with Crippen LogP contribution in [0, 0.1) is 5.92 Å². The van der Waals surface area contributed by atoms with Crippen LogP contribution >= 0.6 is 12.4 Å². The molecule has 1 unspecified atom stereocenters. The van der Waals surface area contributed by atoms with E-state index in [0.29, 0.717) is 44.3 Å². The summed E-state index contributed by atoms with van der Waals surface area (Å²) in [6.45, 7) is 3.93. The second-order valence-electron chi connectivity index (χ2n) is 6.31. The lowest BCUT2D eigenvalue weighted by Crippen LogP contribution is -2.43. The van der Waals surface area contributed by atoms with Gasteiger partial charge in [0.15, 0.2) is 6.61 Å². The van der Waals surface area contributed by atoms with Gasteiger partial charge in [0.05, 0.1) is 24.8 Å². The number of nitrogens with one attached hydrogen (secondary N) is 2. The molecule has 0 bridgehead atoms. The smallest absolute Gasteiger partial charge is 0.260 e. The number of anilines is 1. The number of para-hydroxylation sites is 2. The maximum atomic E-state index is 12.4. The molecule has 8 heteroatoms. The van der Waals surface area contributed by atoms with Crippen LogP contribution in [0.5, 0.6) is 5.75 Å². The van der Waals surface area contributed by atoms with E-state index in [1.807, 2.05) is 12.1 Å². The summed E-state index contributed by atoms with van der Waals surface area (Å²) in [5, 5.41) is 6.17. The quantitative estimate of drug-likeness (QED) is 0.800. The van der Waals surface area contributed by atoms with Crippen molar-refractivity contribution in [3.63, 3.8) is 0 Å². The number of ether oxygens (including phenoxy) is 2. The summed E-state index contributed by atoms with van der Waals surface area (Å²) in [6, 6.07) is 7.22. The van der Waals surface area contributed by atoms with E-state index in [1.54, 1.807) is 17.0 Å². The van der Waals surface area contributed by atoms with Crippen LogP contribution in [0.3, 0.4) is 0 Å². The van der Waals surface area contributed by atoms with E-state index in [4.69, 9.17) is 9.47 Å². The average molecular weight is 384 g/mol. The molecule has 0 saturated carbocycles. The van der Waals surface area contributed by atoms with Crippen molar-refractivity contribution in [2.24, 2.45) is 5.92 Å². The summed E-state index contributed by atoms with van der Waals surface area (Å²) >= 11 is 0. The van der Waals surface area contributed by atoms with Crippen LogP contribution in [0.2, 0.25) is 0 Å². The Bertz CT molecular complexity index is 602. The number of halogens is 1. The van der Waals surface area contributed by atoms with Crippen LogP contribution in [-0.2, 0) is 14.3 Å². The lowest BCUT2D eigenvalue weighted by atomic mass is 9.99. The third-order valence-corrected chi connectivity index (χ3v) is 4.53. The van der Waals surface area contributed by atoms with E-state index in [0.717, 1.165) is 19.4 Å². The van der Waals surface area contributed by atoms with Gasteiger partial charge in [-0.25, -0.2) is 0 Å². The minimum absolute atomic E-state index is 0. The summed E-state index contributed by atoms with van der Waals surface area (Å²) in [6.07, 6.45) is 1.89. The number of piperidine rings is 1. The van der Waals surface area contributed by atoms with Crippen molar-refractivity contribution in [1.82, 2.24) is 10.2 Å². The number of benzene rings is 1. The highest BCUT2D eigenvalue weighted by molar-refractivity contribution is 5.94. The fourth-order valence-electron chi connectivity index (χ4n) is 3.05. The Balaban J connectivity index is 0.00000243. The number of carbonyl (C=O) groups is 2. The predicted octanol–water partition coefficient (Wildman–Crippen LogP) is 1.28. The Kier molecular flexibility index (Phi) is 8.15. The van der Waals surface area contributed by atoms with E-state index >= 15 is 0 Å². The third-order valence-electron chi connectivity index (χ3n) is 4.53. The number of rotatable bonds is 5. The van der Waals surface area contributed by atoms with Crippen molar-refractivity contribution in [1.29, 1.82) is 0 Å². The fourth-order valence-corrected chi connectivity index (χ4v) is 3.05. The van der Waals surface area contributed by atoms with Crippen molar-refractivity contribution in [3.05, 3.63) is 24.3 Å². The van der Waals surface area contributed by atoms with Gasteiger partial charge in [-0.1, -0.05) is 12.1 Å². The molecule has 0 spiro atoms. The summed E-state index contributed by atoms with van der Waals surface area (Å²) in [5.41, 5.74) is 0.604. The Morgan fingerprint density at radius 2 is 2.04 bits per heavy atom. The Morgan fingerprint density at radius 3 is 2.77 bits per heavy atom. The molecule has 1 aromatic carbocycles. The molecule has 0 aliphatic carbocycles. The van der Waals surface area contributed by atoms with Crippen molar-refractivity contribution >= 4 is 29.9 Å². The molecule has 2 fully saturated rings. The first-order valence-electron chi connectivity index (χ1n) is 8.83. The van der Waals surface area contributed by atoms with Crippen LogP contribution in [0.4, 0.5) is 5.69 Å². The Morgan fingerprint density at radius 1 is 1.27 bits per heavy atom. The summed E-state index contributed by atoms with van der Waals surface area (Å²) in [7, 11) is 0. The zero-order valence-corrected chi connectivity index (χ0v) is 15.6. The lowest BCUT2D eigenvalue weighted by molar-refractivity contribution is -0.137. The second-order valence-corrected chi connectivity index (χ2v) is 6.31. The molecule has 2 saturated heterocycles. The van der Waals surface area contributed by atoms with Crippen molar-refractivity contribution in [2.45, 2.75) is 12.8 Å². The number of carbonyl (C=O) groups excluding carboxylic acids is 2. The largest absolute Gasteiger partial charge is 0.482 e. The Labute approximate surface area is 159 Å². The fraction of sp³-hybridized carbons (Fsp3) is 0.556. The van der Waals surface area contributed by atoms with Gasteiger partial charge in [0.25, 0.3) is 5.91 Å². The molecule has 1 aromatic rings.